The summed E-state index contributed by atoms with van der Waals surface area (Å²) >= 11 is 0. The number of carbonyl (C=O) groups excluding carboxylic acids is 1. The van der Waals surface area contributed by atoms with Crippen molar-refractivity contribution >= 4 is 27.7 Å². The molecule has 0 bridgehead atoms. The minimum Gasteiger partial charge on any atom is -0.287 e. The van der Waals surface area contributed by atoms with Crippen molar-refractivity contribution in [2.75, 3.05) is 5.43 Å². The number of fused-ring (bicyclic) bond motifs is 2. The van der Waals surface area contributed by atoms with Crippen molar-refractivity contribution in [1.29, 1.82) is 0 Å². The van der Waals surface area contributed by atoms with Crippen LogP contribution < -0.4 is 16.4 Å². The summed E-state index contributed by atoms with van der Waals surface area (Å²) in [5.74, 6) is -0.362. The number of aryl methyl sites for hydroxylation is 1. The molecule has 134 valence electrons. The van der Waals surface area contributed by atoms with Gasteiger partial charge in [-0.2, -0.15) is 5.10 Å². The van der Waals surface area contributed by atoms with Gasteiger partial charge in [-0.05, 0) is 24.3 Å². The molecule has 2 aromatic carbocycles. The van der Waals surface area contributed by atoms with Crippen LogP contribution in [0.3, 0.4) is 0 Å². The first-order chi connectivity index (χ1) is 13.1. The van der Waals surface area contributed by atoms with Crippen molar-refractivity contribution in [3.05, 3.63) is 81.6 Å². The van der Waals surface area contributed by atoms with Crippen LogP contribution in [0.15, 0.2) is 70.6 Å². The molecule has 1 amide bonds. The fourth-order valence-electron chi connectivity index (χ4n) is 2.89. The average Bonchev–Trinajstić information content (AvgIpc) is 2.70. The third-order valence-corrected chi connectivity index (χ3v) is 4.22. The number of carbonyl (C=O) groups is 1. The molecular weight excluding hydrogens is 346 g/mol. The van der Waals surface area contributed by atoms with Gasteiger partial charge in [0, 0.05) is 11.8 Å². The van der Waals surface area contributed by atoms with E-state index in [0.717, 1.165) is 4.68 Å². The van der Waals surface area contributed by atoms with E-state index in [4.69, 9.17) is 0 Å². The number of nitrogens with one attached hydrogen (secondary N) is 1. The molecular formula is C19H15N5O3. The fourth-order valence-corrected chi connectivity index (χ4v) is 2.89. The summed E-state index contributed by atoms with van der Waals surface area (Å²) in [7, 11) is 0. The Hall–Kier alpha value is -3.81. The van der Waals surface area contributed by atoms with Gasteiger partial charge in [0.05, 0.1) is 29.2 Å². The van der Waals surface area contributed by atoms with Crippen molar-refractivity contribution in [3.63, 3.8) is 0 Å². The largest absolute Gasteiger partial charge is 0.287 e. The predicted molar refractivity (Wildman–Crippen MR) is 101 cm³/mol. The zero-order valence-corrected chi connectivity index (χ0v) is 14.2. The van der Waals surface area contributed by atoms with Crippen LogP contribution >= 0.6 is 0 Å². The monoisotopic (exact) mass is 361 g/mol. The van der Waals surface area contributed by atoms with Crippen LogP contribution in [0, 0.1) is 0 Å². The van der Waals surface area contributed by atoms with E-state index in [1.54, 1.807) is 53.2 Å². The number of amides is 1. The maximum Gasteiger partial charge on any atom is 0.280 e. The maximum atomic E-state index is 12.4. The number of nitrogens with zero attached hydrogens (tertiary/aromatic N) is 4. The van der Waals surface area contributed by atoms with E-state index in [9.17, 15) is 14.4 Å². The third kappa shape index (κ3) is 3.20. The van der Waals surface area contributed by atoms with Crippen LogP contribution in [0.5, 0.6) is 0 Å². The lowest BCUT2D eigenvalue weighted by molar-refractivity contribution is -0.117. The van der Waals surface area contributed by atoms with Gasteiger partial charge >= 0.3 is 0 Å². The van der Waals surface area contributed by atoms with Crippen molar-refractivity contribution in [2.24, 2.45) is 0 Å². The molecule has 1 N–H and O–H groups in total. The van der Waals surface area contributed by atoms with Gasteiger partial charge in [0.15, 0.2) is 0 Å². The van der Waals surface area contributed by atoms with E-state index >= 15 is 0 Å². The van der Waals surface area contributed by atoms with Crippen LogP contribution in [0.1, 0.15) is 6.42 Å². The molecule has 27 heavy (non-hydrogen) atoms. The van der Waals surface area contributed by atoms with Crippen LogP contribution in [0.4, 0.5) is 0 Å². The summed E-state index contributed by atoms with van der Waals surface area (Å²) in [5.41, 5.74) is 3.24. The number of para-hydroxylation sites is 2. The zero-order chi connectivity index (χ0) is 18.8. The molecule has 0 radical (unpaired) electrons. The highest BCUT2D eigenvalue weighted by molar-refractivity contribution is 5.84. The van der Waals surface area contributed by atoms with Gasteiger partial charge in [-0.25, -0.2) is 9.66 Å². The molecule has 0 aliphatic rings. The van der Waals surface area contributed by atoms with Gasteiger partial charge in [-0.15, -0.1) is 0 Å². The molecule has 0 atom stereocenters. The lowest BCUT2D eigenvalue weighted by Crippen LogP contribution is -2.33. The second-order valence-corrected chi connectivity index (χ2v) is 5.97. The Bertz CT molecular complexity index is 1280. The van der Waals surface area contributed by atoms with E-state index in [0.29, 0.717) is 21.8 Å². The number of hydrogen-bond donors (Lipinski definition) is 1. The first kappa shape index (κ1) is 16.6. The van der Waals surface area contributed by atoms with Crippen molar-refractivity contribution in [3.8, 4) is 0 Å². The van der Waals surface area contributed by atoms with Crippen molar-refractivity contribution in [2.45, 2.75) is 13.0 Å². The lowest BCUT2D eigenvalue weighted by atomic mass is 10.2. The topological polar surface area (TPSA) is 98.9 Å². The minimum atomic E-state index is -0.362. The molecule has 0 spiro atoms. The number of aromatic nitrogens is 4. The van der Waals surface area contributed by atoms with Crippen LogP contribution in [-0.2, 0) is 11.3 Å². The van der Waals surface area contributed by atoms with Crippen LogP contribution in [0.2, 0.25) is 0 Å². The lowest BCUT2D eigenvalue weighted by Gasteiger charge is -2.11. The Morgan fingerprint density at radius 1 is 1.00 bits per heavy atom. The highest BCUT2D eigenvalue weighted by Crippen LogP contribution is 2.08. The highest BCUT2D eigenvalue weighted by Gasteiger charge is 2.09. The Labute approximate surface area is 152 Å². The number of rotatable bonds is 4. The summed E-state index contributed by atoms with van der Waals surface area (Å²) in [6.07, 6.45) is 2.60. The normalized spacial score (nSPS) is 11.0. The summed E-state index contributed by atoms with van der Waals surface area (Å²) in [4.78, 5) is 40.7. The van der Waals surface area contributed by atoms with E-state index in [1.807, 2.05) is 0 Å². The van der Waals surface area contributed by atoms with Gasteiger partial charge in [0.1, 0.15) is 6.33 Å². The van der Waals surface area contributed by atoms with Crippen LogP contribution in [-0.4, -0.2) is 25.3 Å². The fraction of sp³-hybridized carbons (Fsp3) is 0.105. The molecule has 2 heterocycles. The highest BCUT2D eigenvalue weighted by atomic mass is 16.2. The van der Waals surface area contributed by atoms with E-state index < -0.39 is 0 Å². The molecule has 8 heteroatoms. The summed E-state index contributed by atoms with van der Waals surface area (Å²) in [6.45, 7) is 0.266. The van der Waals surface area contributed by atoms with Gasteiger partial charge in [0.2, 0.25) is 11.3 Å². The molecule has 0 aliphatic heterocycles. The van der Waals surface area contributed by atoms with Gasteiger partial charge < -0.3 is 0 Å². The average molecular weight is 361 g/mol. The Kier molecular flexibility index (Phi) is 4.21. The van der Waals surface area contributed by atoms with E-state index in [2.05, 4.69) is 15.5 Å². The molecule has 4 aromatic rings. The van der Waals surface area contributed by atoms with Crippen molar-refractivity contribution in [1.82, 2.24) is 19.4 Å². The standard InChI is InChI=1S/C19H15N5O3/c25-17-11-21-23(16-8-4-2-6-14(16)17)10-9-18(26)22-24-12-20-15-7-3-1-5-13(15)19(24)27/h1-8,11-12H,9-10H2,(H,22,26). The molecule has 0 saturated carbocycles. The molecule has 0 unspecified atom stereocenters. The SMILES string of the molecule is O=C(CCn1ncc(=O)c2ccccc21)Nn1cnc2ccccc2c1=O. The molecule has 8 nitrogen and oxygen atoms in total. The Morgan fingerprint density at radius 2 is 1.74 bits per heavy atom. The van der Waals surface area contributed by atoms with E-state index in [-0.39, 0.29) is 29.9 Å². The molecule has 4 rings (SSSR count). The van der Waals surface area contributed by atoms with Crippen LogP contribution in [0.25, 0.3) is 21.8 Å². The molecule has 0 aliphatic carbocycles. The first-order valence-electron chi connectivity index (χ1n) is 8.34. The molecule has 0 fully saturated rings. The second-order valence-electron chi connectivity index (χ2n) is 5.97. The molecule has 0 saturated heterocycles. The molecule has 2 aromatic heterocycles. The number of benzene rings is 2. The predicted octanol–water partition coefficient (Wildman–Crippen LogP) is 1.27. The van der Waals surface area contributed by atoms with E-state index in [1.165, 1.54) is 12.5 Å². The van der Waals surface area contributed by atoms with Gasteiger partial charge in [0.25, 0.3) is 5.56 Å². The van der Waals surface area contributed by atoms with Gasteiger partial charge in [-0.1, -0.05) is 24.3 Å². The quantitative estimate of drug-likeness (QED) is 0.590. The smallest absolute Gasteiger partial charge is 0.280 e. The third-order valence-electron chi connectivity index (χ3n) is 4.22. The maximum absolute atomic E-state index is 12.4. The summed E-state index contributed by atoms with van der Waals surface area (Å²) < 4.78 is 2.67. The Balaban J connectivity index is 1.53. The van der Waals surface area contributed by atoms with Gasteiger partial charge in [-0.3, -0.25) is 24.5 Å². The number of hydrogen-bond acceptors (Lipinski definition) is 5. The van der Waals surface area contributed by atoms with Crippen molar-refractivity contribution < 1.29 is 4.79 Å². The zero-order valence-electron chi connectivity index (χ0n) is 14.2. The second kappa shape index (κ2) is 6.83. The summed E-state index contributed by atoms with van der Waals surface area (Å²) in [6, 6.07) is 14.0. The Morgan fingerprint density at radius 3 is 2.59 bits per heavy atom. The summed E-state index contributed by atoms with van der Waals surface area (Å²) in [5, 5.41) is 5.06. The first-order valence-corrected chi connectivity index (χ1v) is 8.34. The minimum absolute atomic E-state index is 0.0825.